The maximum Gasteiger partial charge on any atom is 0.335 e. The minimum absolute atomic E-state index is 0. The Morgan fingerprint density at radius 1 is 0.783 bits per heavy atom. The molecule has 0 atom stereocenters. The molecule has 2 aromatic rings. The minimum atomic E-state index is -0.947. The van der Waals surface area contributed by atoms with E-state index in [0.29, 0.717) is 11.4 Å². The van der Waals surface area contributed by atoms with E-state index in [1.165, 1.54) is 24.3 Å². The standard InChI is InChI=1S/2C8H9NO2.Cu/c2*1-5-2-3-6(8(10)11)4-7(5)9;/h2*2-4H,9H2,1H3,(H,10,11);. The molecule has 2 aromatic carbocycles. The van der Waals surface area contributed by atoms with Gasteiger partial charge in [0.05, 0.1) is 11.1 Å². The molecule has 7 heteroatoms. The number of hydrogen-bond acceptors (Lipinski definition) is 4. The fourth-order valence-corrected chi connectivity index (χ4v) is 1.55. The molecule has 6 nitrogen and oxygen atoms in total. The number of carbonyl (C=O) groups is 2. The van der Waals surface area contributed by atoms with Crippen LogP contribution in [-0.4, -0.2) is 22.2 Å². The third kappa shape index (κ3) is 6.02. The number of carboxylic acids is 2. The summed E-state index contributed by atoms with van der Waals surface area (Å²) in [6.45, 7) is 3.67. The van der Waals surface area contributed by atoms with Crippen LogP contribution in [0.25, 0.3) is 0 Å². The Kier molecular flexibility index (Phi) is 7.87. The van der Waals surface area contributed by atoms with E-state index in [-0.39, 0.29) is 28.2 Å². The molecule has 0 aliphatic rings. The van der Waals surface area contributed by atoms with E-state index < -0.39 is 11.9 Å². The Labute approximate surface area is 144 Å². The van der Waals surface area contributed by atoms with Crippen molar-refractivity contribution in [2.24, 2.45) is 0 Å². The summed E-state index contributed by atoms with van der Waals surface area (Å²) in [5.74, 6) is -1.89. The van der Waals surface area contributed by atoms with Gasteiger partial charge in [-0.25, -0.2) is 9.59 Å². The number of benzene rings is 2. The first-order valence-electron chi connectivity index (χ1n) is 6.41. The molecule has 23 heavy (non-hydrogen) atoms. The third-order valence-electron chi connectivity index (χ3n) is 3.05. The first-order valence-corrected chi connectivity index (χ1v) is 6.41. The fraction of sp³-hybridized carbons (Fsp3) is 0.125. The molecular weight excluding hydrogens is 348 g/mol. The van der Waals surface area contributed by atoms with Crippen LogP contribution in [0, 0.1) is 13.8 Å². The van der Waals surface area contributed by atoms with Crippen LogP contribution < -0.4 is 11.5 Å². The molecular formula is C16H18CuN2O4. The van der Waals surface area contributed by atoms with Gasteiger partial charge in [-0.2, -0.15) is 0 Å². The second kappa shape index (κ2) is 8.82. The maximum atomic E-state index is 10.4. The monoisotopic (exact) mass is 365 g/mol. The van der Waals surface area contributed by atoms with Gasteiger partial charge in [0.1, 0.15) is 0 Å². The predicted molar refractivity (Wildman–Crippen MR) is 85.1 cm³/mol. The molecule has 0 saturated heterocycles. The molecule has 0 heterocycles. The minimum Gasteiger partial charge on any atom is -0.478 e. The van der Waals surface area contributed by atoms with Crippen molar-refractivity contribution in [1.82, 2.24) is 0 Å². The summed E-state index contributed by atoms with van der Waals surface area (Å²) in [5, 5.41) is 17.1. The van der Waals surface area contributed by atoms with Gasteiger partial charge in [0.25, 0.3) is 0 Å². The van der Waals surface area contributed by atoms with Crippen LogP contribution in [0.1, 0.15) is 31.8 Å². The van der Waals surface area contributed by atoms with Crippen molar-refractivity contribution in [2.45, 2.75) is 13.8 Å². The molecule has 0 spiro atoms. The number of nitrogen functional groups attached to an aromatic ring is 2. The molecule has 0 aromatic heterocycles. The van der Waals surface area contributed by atoms with E-state index in [1.54, 1.807) is 12.1 Å². The average molecular weight is 366 g/mol. The zero-order valence-corrected chi connectivity index (χ0v) is 13.6. The molecule has 0 aliphatic heterocycles. The SMILES string of the molecule is Cc1ccc(C(=O)O)cc1N.Cc1ccc(C(=O)O)cc1N.[Cu]. The van der Waals surface area contributed by atoms with Gasteiger partial charge in [0, 0.05) is 28.4 Å². The Morgan fingerprint density at radius 3 is 1.30 bits per heavy atom. The zero-order valence-electron chi connectivity index (χ0n) is 12.6. The van der Waals surface area contributed by atoms with Gasteiger partial charge < -0.3 is 21.7 Å². The second-order valence-corrected chi connectivity index (χ2v) is 4.75. The van der Waals surface area contributed by atoms with Crippen LogP contribution in [0.5, 0.6) is 0 Å². The first-order chi connectivity index (χ1) is 10.2. The van der Waals surface area contributed by atoms with Gasteiger partial charge >= 0.3 is 11.9 Å². The number of nitrogens with two attached hydrogens (primary N) is 2. The van der Waals surface area contributed by atoms with Gasteiger partial charge in [0.15, 0.2) is 0 Å². The first kappa shape index (κ1) is 20.5. The maximum absolute atomic E-state index is 10.4. The van der Waals surface area contributed by atoms with E-state index in [9.17, 15) is 9.59 Å². The smallest absolute Gasteiger partial charge is 0.335 e. The molecule has 0 unspecified atom stereocenters. The summed E-state index contributed by atoms with van der Waals surface area (Å²) in [6.07, 6.45) is 0. The molecule has 2 rings (SSSR count). The van der Waals surface area contributed by atoms with Gasteiger partial charge in [-0.15, -0.1) is 0 Å². The Hall–Kier alpha value is -2.50. The molecule has 0 aliphatic carbocycles. The van der Waals surface area contributed by atoms with Crippen LogP contribution in [0.15, 0.2) is 36.4 Å². The van der Waals surface area contributed by atoms with Gasteiger partial charge in [0.2, 0.25) is 0 Å². The van der Waals surface area contributed by atoms with Crippen LogP contribution in [0.2, 0.25) is 0 Å². The summed E-state index contributed by atoms with van der Waals surface area (Å²) < 4.78 is 0. The van der Waals surface area contributed by atoms with Crippen LogP contribution in [0.4, 0.5) is 11.4 Å². The molecule has 0 fully saturated rings. The van der Waals surface area contributed by atoms with Crippen LogP contribution >= 0.6 is 0 Å². The fourth-order valence-electron chi connectivity index (χ4n) is 1.55. The topological polar surface area (TPSA) is 127 Å². The van der Waals surface area contributed by atoms with Crippen molar-refractivity contribution in [3.8, 4) is 0 Å². The Bertz CT molecular complexity index is 656. The molecule has 127 valence electrons. The summed E-state index contributed by atoms with van der Waals surface area (Å²) in [6, 6.07) is 9.37. The largest absolute Gasteiger partial charge is 0.478 e. The van der Waals surface area contributed by atoms with Gasteiger partial charge in [-0.05, 0) is 49.2 Å². The molecule has 0 saturated carbocycles. The average Bonchev–Trinajstić information content (AvgIpc) is 2.45. The molecule has 1 radical (unpaired) electrons. The number of aromatic carboxylic acids is 2. The Balaban J connectivity index is 0.000000403. The van der Waals surface area contributed by atoms with Crippen molar-refractivity contribution in [2.75, 3.05) is 11.5 Å². The number of rotatable bonds is 2. The van der Waals surface area contributed by atoms with Crippen molar-refractivity contribution in [3.05, 3.63) is 58.7 Å². The summed E-state index contributed by atoms with van der Waals surface area (Å²) in [5.41, 5.74) is 14.3. The zero-order chi connectivity index (χ0) is 16.9. The van der Waals surface area contributed by atoms with E-state index in [1.807, 2.05) is 13.8 Å². The van der Waals surface area contributed by atoms with Crippen molar-refractivity contribution >= 4 is 23.3 Å². The molecule has 0 bridgehead atoms. The van der Waals surface area contributed by atoms with E-state index in [4.69, 9.17) is 21.7 Å². The third-order valence-corrected chi connectivity index (χ3v) is 3.05. The summed E-state index contributed by atoms with van der Waals surface area (Å²) in [4.78, 5) is 20.8. The van der Waals surface area contributed by atoms with Gasteiger partial charge in [-0.1, -0.05) is 12.1 Å². The summed E-state index contributed by atoms with van der Waals surface area (Å²) >= 11 is 0. The van der Waals surface area contributed by atoms with E-state index in [2.05, 4.69) is 0 Å². The van der Waals surface area contributed by atoms with E-state index in [0.717, 1.165) is 11.1 Å². The van der Waals surface area contributed by atoms with Gasteiger partial charge in [-0.3, -0.25) is 0 Å². The second-order valence-electron chi connectivity index (χ2n) is 4.75. The predicted octanol–water partition coefficient (Wildman–Crippen LogP) is 2.55. The number of aryl methyl sites for hydroxylation is 2. The Morgan fingerprint density at radius 2 is 1.09 bits per heavy atom. The molecule has 0 amide bonds. The number of carboxylic acid groups (broad SMARTS) is 2. The van der Waals surface area contributed by atoms with Crippen molar-refractivity contribution in [3.63, 3.8) is 0 Å². The quantitative estimate of drug-likeness (QED) is 0.478. The summed E-state index contributed by atoms with van der Waals surface area (Å²) in [7, 11) is 0. The van der Waals surface area contributed by atoms with E-state index >= 15 is 0 Å². The number of hydrogen-bond donors (Lipinski definition) is 4. The number of anilines is 2. The molecule has 6 N–H and O–H groups in total. The van der Waals surface area contributed by atoms with Crippen molar-refractivity contribution < 1.29 is 36.9 Å². The van der Waals surface area contributed by atoms with Crippen LogP contribution in [0.3, 0.4) is 0 Å². The normalized spacial score (nSPS) is 9.13. The van der Waals surface area contributed by atoms with Crippen molar-refractivity contribution in [1.29, 1.82) is 0 Å². The van der Waals surface area contributed by atoms with Crippen LogP contribution in [-0.2, 0) is 17.1 Å².